The largest absolute Gasteiger partial charge is 0.362 e. The zero-order chi connectivity index (χ0) is 20.8. The molecule has 0 aliphatic carbocycles. The smallest absolute Gasteiger partial charge is 0.289 e. The average molecular weight is 387 g/mol. The zero-order valence-corrected chi connectivity index (χ0v) is 14.9. The molecule has 0 saturated heterocycles. The van der Waals surface area contributed by atoms with Gasteiger partial charge >= 0.3 is 0 Å². The lowest BCUT2D eigenvalue weighted by Gasteiger charge is -2.49. The molecule has 2 rings (SSSR count). The SMILES string of the molecule is CCC(O)(O)N(C(N)(O)Cc1cccc2c1C(O)(O)C(=O)N2)C(O)(O)CC. The lowest BCUT2D eigenvalue weighted by molar-refractivity contribution is -0.436. The Kier molecular flexibility index (Phi) is 5.40. The first-order chi connectivity index (χ1) is 12.2. The normalized spacial score (nSPS) is 19.0. The fourth-order valence-electron chi connectivity index (χ4n) is 3.17. The molecule has 0 aromatic heterocycles. The number of nitrogens with one attached hydrogen (secondary N) is 1. The van der Waals surface area contributed by atoms with E-state index in [9.17, 15) is 40.5 Å². The van der Waals surface area contributed by atoms with E-state index in [0.29, 0.717) is 0 Å². The molecule has 1 unspecified atom stereocenters. The van der Waals surface area contributed by atoms with Gasteiger partial charge in [0, 0.05) is 24.8 Å². The molecule has 27 heavy (non-hydrogen) atoms. The molecule has 11 heteroatoms. The van der Waals surface area contributed by atoms with Crippen LogP contribution in [0.3, 0.4) is 0 Å². The predicted molar refractivity (Wildman–Crippen MR) is 90.8 cm³/mol. The van der Waals surface area contributed by atoms with Crippen LogP contribution < -0.4 is 11.1 Å². The van der Waals surface area contributed by atoms with Crippen molar-refractivity contribution < 1.29 is 40.5 Å². The van der Waals surface area contributed by atoms with E-state index in [4.69, 9.17) is 5.73 Å². The number of nitrogens with two attached hydrogens (primary N) is 1. The Labute approximate surface area is 154 Å². The van der Waals surface area contributed by atoms with Gasteiger partial charge in [0.05, 0.1) is 5.69 Å². The first kappa shape index (κ1) is 21.6. The molecule has 11 nitrogen and oxygen atoms in total. The number of hydrogen-bond acceptors (Lipinski definition) is 10. The monoisotopic (exact) mass is 387 g/mol. The Morgan fingerprint density at radius 1 is 1.07 bits per heavy atom. The fraction of sp³-hybridized carbons (Fsp3) is 0.562. The van der Waals surface area contributed by atoms with Crippen LogP contribution in [0, 0.1) is 0 Å². The molecular formula is C16H25N3O8. The van der Waals surface area contributed by atoms with E-state index in [1.165, 1.54) is 32.0 Å². The predicted octanol–water partition coefficient (Wildman–Crippen LogP) is -2.68. The van der Waals surface area contributed by atoms with Crippen LogP contribution in [0.4, 0.5) is 5.69 Å². The summed E-state index contributed by atoms with van der Waals surface area (Å²) in [5.41, 5.74) is 5.55. The molecule has 0 fully saturated rings. The topological polar surface area (TPSA) is 200 Å². The van der Waals surface area contributed by atoms with Gasteiger partial charge in [-0.25, -0.2) is 0 Å². The Balaban J connectivity index is 2.53. The van der Waals surface area contributed by atoms with Gasteiger partial charge in [-0.3, -0.25) is 10.5 Å². The summed E-state index contributed by atoms with van der Waals surface area (Å²) in [6.45, 7) is 2.62. The van der Waals surface area contributed by atoms with Crippen molar-refractivity contribution >= 4 is 11.6 Å². The third kappa shape index (κ3) is 3.69. The van der Waals surface area contributed by atoms with E-state index in [1.54, 1.807) is 0 Å². The van der Waals surface area contributed by atoms with Gasteiger partial charge in [-0.2, -0.15) is 4.90 Å². The summed E-state index contributed by atoms with van der Waals surface area (Å²) in [5.74, 6) is -12.6. The second-order valence-electron chi connectivity index (χ2n) is 6.61. The lowest BCUT2D eigenvalue weighted by Crippen LogP contribution is -2.74. The van der Waals surface area contributed by atoms with Crippen LogP contribution in [0.2, 0.25) is 0 Å². The zero-order valence-electron chi connectivity index (χ0n) is 14.9. The van der Waals surface area contributed by atoms with Crippen LogP contribution in [0.15, 0.2) is 18.2 Å². The Morgan fingerprint density at radius 2 is 1.59 bits per heavy atom. The van der Waals surface area contributed by atoms with E-state index in [-0.39, 0.29) is 21.7 Å². The number of nitrogens with zero attached hydrogens (tertiary/aromatic N) is 1. The first-order valence-electron chi connectivity index (χ1n) is 8.30. The minimum Gasteiger partial charge on any atom is -0.362 e. The summed E-state index contributed by atoms with van der Waals surface area (Å²) in [4.78, 5) is 11.8. The number of benzene rings is 1. The third-order valence-electron chi connectivity index (χ3n) is 4.57. The molecule has 0 radical (unpaired) electrons. The minimum absolute atomic E-state index is 0.0374. The second-order valence-corrected chi connectivity index (χ2v) is 6.61. The van der Waals surface area contributed by atoms with Gasteiger partial charge in [0.25, 0.3) is 11.7 Å². The number of aliphatic hydroxyl groups is 7. The molecule has 0 saturated carbocycles. The van der Waals surface area contributed by atoms with Gasteiger partial charge in [-0.1, -0.05) is 26.0 Å². The van der Waals surface area contributed by atoms with Crippen LogP contribution in [0.25, 0.3) is 0 Å². The van der Waals surface area contributed by atoms with E-state index in [2.05, 4.69) is 5.32 Å². The third-order valence-corrected chi connectivity index (χ3v) is 4.57. The molecule has 1 aromatic rings. The molecular weight excluding hydrogens is 362 g/mol. The van der Waals surface area contributed by atoms with Crippen molar-refractivity contribution in [3.63, 3.8) is 0 Å². The maximum Gasteiger partial charge on any atom is 0.289 e. The van der Waals surface area contributed by atoms with Crippen molar-refractivity contribution in [2.75, 3.05) is 5.32 Å². The van der Waals surface area contributed by atoms with Gasteiger partial charge in [-0.15, -0.1) is 0 Å². The molecule has 152 valence electrons. The number of carbonyl (C=O) groups excluding carboxylic acids is 1. The molecule has 1 aromatic carbocycles. The summed E-state index contributed by atoms with van der Waals surface area (Å²) in [7, 11) is 0. The average Bonchev–Trinajstić information content (AvgIpc) is 2.76. The van der Waals surface area contributed by atoms with Crippen LogP contribution in [0.1, 0.15) is 37.8 Å². The van der Waals surface area contributed by atoms with Crippen LogP contribution in [-0.4, -0.2) is 64.2 Å². The molecule has 0 bridgehead atoms. The number of fused-ring (bicyclic) bond motifs is 1. The van der Waals surface area contributed by atoms with Crippen molar-refractivity contribution in [1.29, 1.82) is 0 Å². The second kappa shape index (κ2) is 6.74. The van der Waals surface area contributed by atoms with Gasteiger partial charge in [0.1, 0.15) is 0 Å². The first-order valence-corrected chi connectivity index (χ1v) is 8.30. The van der Waals surface area contributed by atoms with E-state index < -0.39 is 48.6 Å². The summed E-state index contributed by atoms with van der Waals surface area (Å²) < 4.78 is 0. The number of hydrogen-bond donors (Lipinski definition) is 9. The molecule has 1 aliphatic heterocycles. The number of rotatable bonds is 7. The highest BCUT2D eigenvalue weighted by molar-refractivity contribution is 6.04. The van der Waals surface area contributed by atoms with Crippen molar-refractivity contribution in [1.82, 2.24) is 4.90 Å². The molecule has 1 heterocycles. The number of carbonyl (C=O) groups is 1. The van der Waals surface area contributed by atoms with Crippen molar-refractivity contribution in [2.24, 2.45) is 5.73 Å². The highest BCUT2D eigenvalue weighted by Crippen LogP contribution is 2.39. The summed E-state index contributed by atoms with van der Waals surface area (Å²) in [6.07, 6.45) is -1.61. The Bertz CT molecular complexity index is 716. The van der Waals surface area contributed by atoms with Crippen LogP contribution in [-0.2, 0) is 17.0 Å². The number of amides is 1. The van der Waals surface area contributed by atoms with Crippen molar-refractivity contribution in [3.05, 3.63) is 29.3 Å². The van der Waals surface area contributed by atoms with E-state index >= 15 is 0 Å². The quantitative estimate of drug-likeness (QED) is 0.222. The molecule has 0 spiro atoms. The maximum absolute atomic E-state index is 11.7. The van der Waals surface area contributed by atoms with Gasteiger partial charge in [0.15, 0.2) is 5.85 Å². The lowest BCUT2D eigenvalue weighted by atomic mass is 9.95. The molecule has 1 atom stereocenters. The minimum atomic E-state index is -2.91. The molecule has 1 amide bonds. The van der Waals surface area contributed by atoms with E-state index in [1.807, 2.05) is 0 Å². The highest BCUT2D eigenvalue weighted by Gasteiger charge is 2.54. The van der Waals surface area contributed by atoms with Crippen LogP contribution >= 0.6 is 0 Å². The summed E-state index contributed by atoms with van der Waals surface area (Å²) in [6, 6.07) is 4.15. The standard InChI is InChI=1S/C16H25N3O8/c1-3-14(22,23)19(15(24,25)4-2)13(17,21)8-9-6-5-7-10-11(9)16(26,27)12(20)18-10/h5-7,21-27H,3-4,8,17H2,1-2H3,(H,18,20). The number of anilines is 1. The summed E-state index contributed by atoms with van der Waals surface area (Å²) in [5, 5.41) is 73.7. The Hall–Kier alpha value is -1.67. The van der Waals surface area contributed by atoms with Gasteiger partial charge < -0.3 is 41.1 Å². The van der Waals surface area contributed by atoms with Crippen molar-refractivity contribution in [3.8, 4) is 0 Å². The maximum atomic E-state index is 11.7. The fourth-order valence-corrected chi connectivity index (χ4v) is 3.17. The van der Waals surface area contributed by atoms with Gasteiger partial charge in [0.2, 0.25) is 11.8 Å². The van der Waals surface area contributed by atoms with Gasteiger partial charge in [-0.05, 0) is 11.6 Å². The Morgan fingerprint density at radius 3 is 2.07 bits per heavy atom. The van der Waals surface area contributed by atoms with E-state index in [0.717, 1.165) is 0 Å². The van der Waals surface area contributed by atoms with Crippen molar-refractivity contribution in [2.45, 2.75) is 56.6 Å². The summed E-state index contributed by atoms with van der Waals surface area (Å²) >= 11 is 0. The molecule has 10 N–H and O–H groups in total. The molecule has 1 aliphatic rings. The van der Waals surface area contributed by atoms with Crippen LogP contribution in [0.5, 0.6) is 0 Å². The highest BCUT2D eigenvalue weighted by atomic mass is 16.6.